The Labute approximate surface area is 185 Å². The molecule has 3 aromatic carbocycles. The van der Waals surface area contributed by atoms with Gasteiger partial charge in [-0.3, -0.25) is 4.68 Å². The summed E-state index contributed by atoms with van der Waals surface area (Å²) >= 11 is 0. The number of methoxy groups -OCH3 is 2. The second-order valence-electron chi connectivity index (χ2n) is 7.69. The zero-order valence-corrected chi connectivity index (χ0v) is 18.2. The lowest BCUT2D eigenvalue weighted by Crippen LogP contribution is -1.96. The first-order chi connectivity index (χ1) is 15.6. The third-order valence-corrected chi connectivity index (χ3v) is 5.71. The number of pyridine rings is 1. The van der Waals surface area contributed by atoms with Crippen LogP contribution in [0.25, 0.3) is 33.1 Å². The van der Waals surface area contributed by atoms with Crippen molar-refractivity contribution < 1.29 is 14.6 Å². The molecule has 0 fully saturated rings. The number of aromatic hydroxyl groups is 1. The first-order valence-electron chi connectivity index (χ1n) is 10.3. The molecule has 0 aliphatic rings. The number of aryl methyl sites for hydroxylation is 1. The van der Waals surface area contributed by atoms with Gasteiger partial charge < -0.3 is 14.6 Å². The molecule has 1 N–H and O–H groups in total. The summed E-state index contributed by atoms with van der Waals surface area (Å²) in [5.74, 6) is 1.50. The van der Waals surface area contributed by atoms with Gasteiger partial charge in [-0.05, 0) is 42.0 Å². The van der Waals surface area contributed by atoms with E-state index in [-0.39, 0.29) is 5.75 Å². The van der Waals surface area contributed by atoms with E-state index in [1.807, 2.05) is 54.2 Å². The summed E-state index contributed by atoms with van der Waals surface area (Å²) in [6, 6.07) is 21.3. The van der Waals surface area contributed by atoms with Gasteiger partial charge in [-0.25, -0.2) is 4.98 Å². The molecule has 160 valence electrons. The van der Waals surface area contributed by atoms with Crippen molar-refractivity contribution in [1.29, 1.82) is 0 Å². The van der Waals surface area contributed by atoms with Crippen molar-refractivity contribution in [3.05, 3.63) is 78.0 Å². The summed E-state index contributed by atoms with van der Waals surface area (Å²) in [4.78, 5) is 5.02. The van der Waals surface area contributed by atoms with Crippen LogP contribution in [0.3, 0.4) is 0 Å². The summed E-state index contributed by atoms with van der Waals surface area (Å²) in [5, 5.41) is 17.5. The molecule has 0 saturated carbocycles. The molecule has 0 radical (unpaired) electrons. The number of nitrogens with zero attached hydrogens (tertiary/aromatic N) is 3. The monoisotopic (exact) mass is 425 g/mol. The van der Waals surface area contributed by atoms with Crippen molar-refractivity contribution in [3.63, 3.8) is 0 Å². The number of aromatic nitrogens is 3. The SMILES string of the molecule is COc1cc2c(-c3ccc(O)cc3)nc3c(c(Cc4ccccc4)nn3C)c2cc1OC. The number of hydrogen-bond acceptors (Lipinski definition) is 5. The number of phenolic OH excluding ortho intramolecular Hbond substituents is 1. The minimum absolute atomic E-state index is 0.212. The maximum absolute atomic E-state index is 9.76. The zero-order valence-electron chi connectivity index (χ0n) is 18.2. The van der Waals surface area contributed by atoms with Crippen LogP contribution in [0.5, 0.6) is 17.2 Å². The molecule has 0 unspecified atom stereocenters. The van der Waals surface area contributed by atoms with Crippen molar-refractivity contribution in [3.8, 4) is 28.5 Å². The zero-order chi connectivity index (χ0) is 22.2. The van der Waals surface area contributed by atoms with Crippen LogP contribution < -0.4 is 9.47 Å². The molecule has 0 aliphatic carbocycles. The number of rotatable bonds is 5. The highest BCUT2D eigenvalue weighted by Crippen LogP contribution is 2.40. The molecule has 5 aromatic rings. The second kappa shape index (κ2) is 7.89. The van der Waals surface area contributed by atoms with Crippen molar-refractivity contribution >= 4 is 21.8 Å². The lowest BCUT2D eigenvalue weighted by atomic mass is 9.98. The molecule has 32 heavy (non-hydrogen) atoms. The molecule has 2 aromatic heterocycles. The Morgan fingerprint density at radius 2 is 1.53 bits per heavy atom. The minimum atomic E-state index is 0.212. The van der Waals surface area contributed by atoms with E-state index >= 15 is 0 Å². The molecule has 0 saturated heterocycles. The van der Waals surface area contributed by atoms with Crippen molar-refractivity contribution in [2.24, 2.45) is 7.05 Å². The highest BCUT2D eigenvalue weighted by atomic mass is 16.5. The molecule has 5 rings (SSSR count). The predicted molar refractivity (Wildman–Crippen MR) is 125 cm³/mol. The Balaban J connectivity index is 1.85. The van der Waals surface area contributed by atoms with E-state index in [1.54, 1.807) is 26.4 Å². The van der Waals surface area contributed by atoms with Gasteiger partial charge in [0.2, 0.25) is 0 Å². The van der Waals surface area contributed by atoms with Gasteiger partial charge in [-0.1, -0.05) is 30.3 Å². The first-order valence-corrected chi connectivity index (χ1v) is 10.3. The quantitative estimate of drug-likeness (QED) is 0.424. The molecular formula is C26H23N3O3. The average Bonchev–Trinajstić information content (AvgIpc) is 3.13. The molecule has 0 bridgehead atoms. The van der Waals surface area contributed by atoms with Gasteiger partial charge in [0.25, 0.3) is 0 Å². The molecule has 0 atom stereocenters. The number of ether oxygens (including phenoxy) is 2. The smallest absolute Gasteiger partial charge is 0.161 e. The fourth-order valence-electron chi connectivity index (χ4n) is 4.17. The number of phenols is 1. The minimum Gasteiger partial charge on any atom is -0.508 e. The van der Waals surface area contributed by atoms with Gasteiger partial charge in [0.1, 0.15) is 5.75 Å². The summed E-state index contributed by atoms with van der Waals surface area (Å²) in [6.45, 7) is 0. The predicted octanol–water partition coefficient (Wildman–Crippen LogP) is 5.10. The lowest BCUT2D eigenvalue weighted by molar-refractivity contribution is 0.356. The van der Waals surface area contributed by atoms with Crippen LogP contribution in [0.4, 0.5) is 0 Å². The Hall–Kier alpha value is -4.06. The standard InChI is InChI=1S/C26H23N3O3/c1-29-26-24(21(28-29)13-16-7-5-4-6-8-16)19-14-22(31-2)23(32-3)15-20(19)25(27-26)17-9-11-18(30)12-10-17/h4-12,14-15,30H,13H2,1-3H3. The van der Waals surface area contributed by atoms with Gasteiger partial charge in [0.15, 0.2) is 17.1 Å². The van der Waals surface area contributed by atoms with Crippen molar-refractivity contribution in [1.82, 2.24) is 14.8 Å². The summed E-state index contributed by atoms with van der Waals surface area (Å²) < 4.78 is 13.0. The van der Waals surface area contributed by atoms with Gasteiger partial charge >= 0.3 is 0 Å². The van der Waals surface area contributed by atoms with E-state index in [0.717, 1.165) is 38.8 Å². The summed E-state index contributed by atoms with van der Waals surface area (Å²) in [7, 11) is 5.18. The highest BCUT2D eigenvalue weighted by Gasteiger charge is 2.20. The number of hydrogen-bond donors (Lipinski definition) is 1. The average molecular weight is 425 g/mol. The topological polar surface area (TPSA) is 69.4 Å². The molecule has 6 nitrogen and oxygen atoms in total. The van der Waals surface area contributed by atoms with E-state index in [4.69, 9.17) is 19.6 Å². The molecule has 0 aliphatic heterocycles. The molecular weight excluding hydrogens is 402 g/mol. The van der Waals surface area contributed by atoms with E-state index in [2.05, 4.69) is 12.1 Å². The van der Waals surface area contributed by atoms with Gasteiger partial charge in [-0.15, -0.1) is 0 Å². The normalized spacial score (nSPS) is 11.2. The number of benzene rings is 3. The van der Waals surface area contributed by atoms with E-state index in [9.17, 15) is 5.11 Å². The lowest BCUT2D eigenvalue weighted by Gasteiger charge is -2.13. The van der Waals surface area contributed by atoms with Crippen molar-refractivity contribution in [2.75, 3.05) is 14.2 Å². The largest absolute Gasteiger partial charge is 0.508 e. The fourth-order valence-corrected chi connectivity index (χ4v) is 4.17. The second-order valence-corrected chi connectivity index (χ2v) is 7.69. The summed E-state index contributed by atoms with van der Waals surface area (Å²) in [6.07, 6.45) is 0.696. The number of fused-ring (bicyclic) bond motifs is 3. The van der Waals surface area contributed by atoms with E-state index in [1.165, 1.54) is 5.56 Å². The first kappa shape index (κ1) is 19.9. The Bertz CT molecular complexity index is 1420. The third kappa shape index (κ3) is 3.30. The van der Waals surface area contributed by atoms with Crippen LogP contribution in [0.2, 0.25) is 0 Å². The van der Waals surface area contributed by atoms with Crippen LogP contribution in [-0.4, -0.2) is 34.1 Å². The fraction of sp³-hybridized carbons (Fsp3) is 0.154. The van der Waals surface area contributed by atoms with Gasteiger partial charge in [-0.2, -0.15) is 5.10 Å². The summed E-state index contributed by atoms with van der Waals surface area (Å²) in [5.41, 5.74) is 4.62. The molecule has 0 amide bonds. The maximum Gasteiger partial charge on any atom is 0.161 e. The van der Waals surface area contributed by atoms with Crippen LogP contribution in [0.1, 0.15) is 11.3 Å². The molecule has 2 heterocycles. The van der Waals surface area contributed by atoms with Crippen LogP contribution in [0, 0.1) is 0 Å². The van der Waals surface area contributed by atoms with Crippen molar-refractivity contribution in [2.45, 2.75) is 6.42 Å². The molecule has 0 spiro atoms. The van der Waals surface area contributed by atoms with E-state index in [0.29, 0.717) is 17.9 Å². The van der Waals surface area contributed by atoms with Gasteiger partial charge in [0.05, 0.1) is 31.0 Å². The molecule has 6 heteroatoms. The van der Waals surface area contributed by atoms with Crippen LogP contribution >= 0.6 is 0 Å². The Morgan fingerprint density at radius 1 is 0.875 bits per heavy atom. The van der Waals surface area contributed by atoms with Gasteiger partial charge in [0, 0.05) is 29.8 Å². The Kier molecular flexibility index (Phi) is 4.90. The van der Waals surface area contributed by atoms with E-state index < -0.39 is 0 Å². The third-order valence-electron chi connectivity index (χ3n) is 5.71. The Morgan fingerprint density at radius 3 is 2.19 bits per heavy atom. The van der Waals surface area contributed by atoms with Crippen LogP contribution in [-0.2, 0) is 13.5 Å². The highest BCUT2D eigenvalue weighted by molar-refractivity contribution is 6.12. The maximum atomic E-state index is 9.76. The van der Waals surface area contributed by atoms with Crippen LogP contribution in [0.15, 0.2) is 66.7 Å².